The van der Waals surface area contributed by atoms with Crippen molar-refractivity contribution in [2.45, 2.75) is 32.6 Å². The van der Waals surface area contributed by atoms with Crippen LogP contribution in [0.5, 0.6) is 11.5 Å². The minimum atomic E-state index is 0.118. The van der Waals surface area contributed by atoms with Crippen molar-refractivity contribution in [3.63, 3.8) is 0 Å². The van der Waals surface area contributed by atoms with Crippen LogP contribution >= 0.6 is 0 Å². The van der Waals surface area contributed by atoms with E-state index in [-0.39, 0.29) is 11.7 Å². The fourth-order valence-corrected chi connectivity index (χ4v) is 3.36. The van der Waals surface area contributed by atoms with Gasteiger partial charge in [0.05, 0.1) is 7.11 Å². The highest BCUT2D eigenvalue weighted by Crippen LogP contribution is 2.29. The second kappa shape index (κ2) is 10.6. The summed E-state index contributed by atoms with van der Waals surface area (Å²) in [5.74, 6) is 2.14. The molecule has 1 saturated heterocycles. The number of guanidine groups is 1. The lowest BCUT2D eigenvalue weighted by molar-refractivity contribution is -0.121. The van der Waals surface area contributed by atoms with Crippen LogP contribution in [-0.2, 0) is 11.2 Å². The Kier molecular flexibility index (Phi) is 8.23. The third kappa shape index (κ3) is 6.05. The first-order chi connectivity index (χ1) is 13.1. The third-order valence-electron chi connectivity index (χ3n) is 4.95. The summed E-state index contributed by atoms with van der Waals surface area (Å²) in [6.07, 6.45) is 3.24. The highest BCUT2D eigenvalue weighted by atomic mass is 16.5. The topological polar surface area (TPSA) is 86.2 Å². The van der Waals surface area contributed by atoms with Gasteiger partial charge in [0.2, 0.25) is 5.91 Å². The Balaban J connectivity index is 1.92. The molecule has 0 aromatic heterocycles. The van der Waals surface area contributed by atoms with E-state index in [2.05, 4.69) is 22.5 Å². The van der Waals surface area contributed by atoms with E-state index in [1.54, 1.807) is 20.2 Å². The summed E-state index contributed by atoms with van der Waals surface area (Å²) >= 11 is 0. The van der Waals surface area contributed by atoms with E-state index in [0.29, 0.717) is 31.1 Å². The minimum Gasteiger partial charge on any atom is -0.504 e. The maximum Gasteiger partial charge on any atom is 0.220 e. The predicted octanol–water partition coefficient (Wildman–Crippen LogP) is 1.76. The van der Waals surface area contributed by atoms with Crippen LogP contribution in [0.3, 0.4) is 0 Å². The number of rotatable bonds is 7. The van der Waals surface area contributed by atoms with Gasteiger partial charge >= 0.3 is 0 Å². The average molecular weight is 377 g/mol. The standard InChI is InChI=1S/C20H32N4O3/c1-4-22-20(24-12-9-15(10-13-24)14-18(25)21-2)23-11-8-16-6-5-7-17(27-3)19(16)26/h5-7,15,26H,4,8-14H2,1-3H3,(H,21,25)(H,22,23). The van der Waals surface area contributed by atoms with Gasteiger partial charge in [-0.1, -0.05) is 12.1 Å². The van der Waals surface area contributed by atoms with Gasteiger partial charge < -0.3 is 25.4 Å². The van der Waals surface area contributed by atoms with Crippen LogP contribution in [0.4, 0.5) is 0 Å². The van der Waals surface area contributed by atoms with E-state index in [1.165, 1.54) is 0 Å². The molecule has 1 aliphatic heterocycles. The van der Waals surface area contributed by atoms with E-state index < -0.39 is 0 Å². The highest BCUT2D eigenvalue weighted by Gasteiger charge is 2.23. The molecular formula is C20H32N4O3. The van der Waals surface area contributed by atoms with Gasteiger partial charge in [0.1, 0.15) is 0 Å². The molecule has 0 saturated carbocycles. The second-order valence-electron chi connectivity index (χ2n) is 6.76. The monoisotopic (exact) mass is 376 g/mol. The summed E-state index contributed by atoms with van der Waals surface area (Å²) in [7, 11) is 3.24. The number of hydrogen-bond donors (Lipinski definition) is 3. The number of amides is 1. The third-order valence-corrected chi connectivity index (χ3v) is 4.95. The largest absolute Gasteiger partial charge is 0.504 e. The molecule has 1 amide bonds. The van der Waals surface area contributed by atoms with Crippen LogP contribution in [0.1, 0.15) is 31.7 Å². The summed E-state index contributed by atoms with van der Waals surface area (Å²) < 4.78 is 5.16. The van der Waals surface area contributed by atoms with Crippen molar-refractivity contribution in [3.05, 3.63) is 23.8 Å². The van der Waals surface area contributed by atoms with Crippen LogP contribution in [-0.4, -0.2) is 62.2 Å². The number of hydrogen-bond acceptors (Lipinski definition) is 4. The van der Waals surface area contributed by atoms with Gasteiger partial charge in [-0.3, -0.25) is 9.79 Å². The first-order valence-corrected chi connectivity index (χ1v) is 9.67. The van der Waals surface area contributed by atoms with Gasteiger partial charge in [0.15, 0.2) is 17.5 Å². The number of nitrogens with one attached hydrogen (secondary N) is 2. The Labute approximate surface area is 161 Å². The minimum absolute atomic E-state index is 0.118. The van der Waals surface area contributed by atoms with Crippen molar-refractivity contribution < 1.29 is 14.6 Å². The molecule has 0 bridgehead atoms. The molecule has 1 aromatic carbocycles. The molecule has 1 fully saturated rings. The van der Waals surface area contributed by atoms with Crippen molar-refractivity contribution in [1.82, 2.24) is 15.5 Å². The summed E-state index contributed by atoms with van der Waals surface area (Å²) in [4.78, 5) is 18.5. The van der Waals surface area contributed by atoms with Crippen molar-refractivity contribution in [2.75, 3.05) is 40.3 Å². The van der Waals surface area contributed by atoms with E-state index >= 15 is 0 Å². The fourth-order valence-electron chi connectivity index (χ4n) is 3.36. The number of para-hydroxylation sites is 1. The van der Waals surface area contributed by atoms with E-state index in [1.807, 2.05) is 12.1 Å². The first kappa shape index (κ1) is 20.9. The normalized spacial score (nSPS) is 15.5. The van der Waals surface area contributed by atoms with Gasteiger partial charge in [-0.15, -0.1) is 0 Å². The van der Waals surface area contributed by atoms with E-state index in [9.17, 15) is 9.90 Å². The van der Waals surface area contributed by atoms with Crippen molar-refractivity contribution in [1.29, 1.82) is 0 Å². The lowest BCUT2D eigenvalue weighted by Gasteiger charge is -2.34. The molecule has 0 atom stereocenters. The summed E-state index contributed by atoms with van der Waals surface area (Å²) in [6, 6.07) is 5.51. The van der Waals surface area contributed by atoms with Crippen LogP contribution in [0.15, 0.2) is 23.2 Å². The highest BCUT2D eigenvalue weighted by molar-refractivity contribution is 5.80. The second-order valence-corrected chi connectivity index (χ2v) is 6.76. The number of carbonyl (C=O) groups is 1. The molecule has 150 valence electrons. The molecular weight excluding hydrogens is 344 g/mol. The Hall–Kier alpha value is -2.44. The maximum atomic E-state index is 11.6. The number of likely N-dealkylation sites (tertiary alicyclic amines) is 1. The molecule has 3 N–H and O–H groups in total. The summed E-state index contributed by atoms with van der Waals surface area (Å²) in [6.45, 7) is 5.25. The van der Waals surface area contributed by atoms with Gasteiger partial charge in [-0.05, 0) is 43.7 Å². The average Bonchev–Trinajstić information content (AvgIpc) is 2.69. The molecule has 2 rings (SSSR count). The quantitative estimate of drug-likeness (QED) is 0.499. The number of piperidine rings is 1. The molecule has 1 aliphatic rings. The molecule has 1 aromatic rings. The molecule has 0 aliphatic carbocycles. The number of phenolic OH excluding ortho intramolecular Hbond substituents is 1. The number of phenols is 1. The van der Waals surface area contributed by atoms with Gasteiger partial charge in [-0.25, -0.2) is 0 Å². The summed E-state index contributed by atoms with van der Waals surface area (Å²) in [5, 5.41) is 16.3. The van der Waals surface area contributed by atoms with Crippen LogP contribution < -0.4 is 15.4 Å². The molecule has 7 heteroatoms. The molecule has 27 heavy (non-hydrogen) atoms. The molecule has 0 unspecified atom stereocenters. The van der Waals surface area contributed by atoms with Crippen molar-refractivity contribution in [2.24, 2.45) is 10.9 Å². The number of benzene rings is 1. The van der Waals surface area contributed by atoms with Crippen LogP contribution in [0.25, 0.3) is 0 Å². The van der Waals surface area contributed by atoms with E-state index in [0.717, 1.165) is 44.0 Å². The SMILES string of the molecule is CCNC(=NCCc1cccc(OC)c1O)N1CCC(CC(=O)NC)CC1. The van der Waals surface area contributed by atoms with Crippen LogP contribution in [0.2, 0.25) is 0 Å². The zero-order valence-corrected chi connectivity index (χ0v) is 16.6. The van der Waals surface area contributed by atoms with Gasteiger partial charge in [-0.2, -0.15) is 0 Å². The summed E-state index contributed by atoms with van der Waals surface area (Å²) in [5.41, 5.74) is 0.832. The maximum absolute atomic E-state index is 11.6. The van der Waals surface area contributed by atoms with Crippen molar-refractivity contribution >= 4 is 11.9 Å². The Morgan fingerprint density at radius 1 is 1.37 bits per heavy atom. The van der Waals surface area contributed by atoms with Gasteiger partial charge in [0, 0.05) is 39.6 Å². The molecule has 0 radical (unpaired) electrons. The lowest BCUT2D eigenvalue weighted by atomic mass is 9.93. The number of aromatic hydroxyl groups is 1. The Bertz CT molecular complexity index is 640. The number of methoxy groups -OCH3 is 1. The first-order valence-electron chi connectivity index (χ1n) is 9.67. The number of ether oxygens (including phenoxy) is 1. The Morgan fingerprint density at radius 3 is 2.74 bits per heavy atom. The Morgan fingerprint density at radius 2 is 2.11 bits per heavy atom. The zero-order valence-electron chi connectivity index (χ0n) is 16.6. The number of nitrogens with zero attached hydrogens (tertiary/aromatic N) is 2. The van der Waals surface area contributed by atoms with Crippen LogP contribution in [0, 0.1) is 5.92 Å². The fraction of sp³-hybridized carbons (Fsp3) is 0.600. The van der Waals surface area contributed by atoms with Crippen molar-refractivity contribution in [3.8, 4) is 11.5 Å². The molecule has 0 spiro atoms. The number of carbonyl (C=O) groups excluding carboxylic acids is 1. The molecule has 7 nitrogen and oxygen atoms in total. The van der Waals surface area contributed by atoms with E-state index in [4.69, 9.17) is 9.73 Å². The predicted molar refractivity (Wildman–Crippen MR) is 107 cm³/mol. The number of aliphatic imine (C=N–C) groups is 1. The molecule has 1 heterocycles. The zero-order chi connectivity index (χ0) is 19.6. The smallest absolute Gasteiger partial charge is 0.220 e. The van der Waals surface area contributed by atoms with Gasteiger partial charge in [0.25, 0.3) is 0 Å². The lowest BCUT2D eigenvalue weighted by Crippen LogP contribution is -2.46.